The van der Waals surface area contributed by atoms with Crippen molar-refractivity contribution in [3.8, 4) is 0 Å². The van der Waals surface area contributed by atoms with Crippen molar-refractivity contribution in [3.63, 3.8) is 0 Å². The summed E-state index contributed by atoms with van der Waals surface area (Å²) in [4.78, 5) is 13.4. The Morgan fingerprint density at radius 1 is 1.35 bits per heavy atom. The van der Waals surface area contributed by atoms with Gasteiger partial charge in [-0.15, -0.1) is 0 Å². The molecule has 1 unspecified atom stereocenters. The van der Waals surface area contributed by atoms with Crippen molar-refractivity contribution < 1.29 is 9.53 Å². The molecule has 3 nitrogen and oxygen atoms in total. The lowest BCUT2D eigenvalue weighted by Gasteiger charge is -2.21. The molecule has 0 heterocycles. The van der Waals surface area contributed by atoms with Gasteiger partial charge in [-0.25, -0.2) is 4.79 Å². The van der Waals surface area contributed by atoms with E-state index >= 15 is 0 Å². The topological polar surface area (TPSA) is 29.5 Å². The number of rotatable bonds is 5. The molecule has 0 N–H and O–H groups in total. The number of benzene rings is 1. The van der Waals surface area contributed by atoms with Crippen LogP contribution in [0, 0.1) is 0 Å². The van der Waals surface area contributed by atoms with Crippen LogP contribution in [0.4, 0.5) is 0 Å². The molecule has 0 aromatic heterocycles. The molecule has 1 aromatic carbocycles. The first-order chi connectivity index (χ1) is 8.13. The SMILES string of the molecule is CCC(OC(=O)C=Cc1ccccc1)N(C)C. The second kappa shape index (κ2) is 6.86. The second-order valence-corrected chi connectivity index (χ2v) is 4.01. The summed E-state index contributed by atoms with van der Waals surface area (Å²) in [5.74, 6) is -0.311. The summed E-state index contributed by atoms with van der Waals surface area (Å²) < 4.78 is 5.28. The molecule has 0 aliphatic rings. The highest BCUT2D eigenvalue weighted by atomic mass is 16.6. The molecule has 17 heavy (non-hydrogen) atoms. The maximum Gasteiger partial charge on any atom is 0.332 e. The zero-order chi connectivity index (χ0) is 12.7. The molecule has 0 saturated heterocycles. The van der Waals surface area contributed by atoms with E-state index in [2.05, 4.69) is 0 Å². The molecule has 92 valence electrons. The molecule has 0 amide bonds. The maximum atomic E-state index is 11.6. The van der Waals surface area contributed by atoms with Crippen LogP contribution in [-0.4, -0.2) is 31.2 Å². The quantitative estimate of drug-likeness (QED) is 0.444. The number of esters is 1. The van der Waals surface area contributed by atoms with Crippen molar-refractivity contribution in [2.24, 2.45) is 0 Å². The van der Waals surface area contributed by atoms with Gasteiger partial charge in [-0.3, -0.25) is 4.90 Å². The first-order valence-corrected chi connectivity index (χ1v) is 5.73. The van der Waals surface area contributed by atoms with Gasteiger partial charge >= 0.3 is 5.97 Å². The van der Waals surface area contributed by atoms with Crippen molar-refractivity contribution in [2.45, 2.75) is 19.6 Å². The van der Waals surface area contributed by atoms with Crippen LogP contribution in [0.1, 0.15) is 18.9 Å². The molecule has 3 heteroatoms. The molecule has 1 aromatic rings. The maximum absolute atomic E-state index is 11.6. The van der Waals surface area contributed by atoms with Gasteiger partial charge in [-0.05, 0) is 32.2 Å². The fraction of sp³-hybridized carbons (Fsp3) is 0.357. The molecule has 0 aliphatic heterocycles. The van der Waals surface area contributed by atoms with Gasteiger partial charge in [-0.1, -0.05) is 37.3 Å². The number of hydrogen-bond acceptors (Lipinski definition) is 3. The molecular formula is C14H19NO2. The van der Waals surface area contributed by atoms with Crippen LogP contribution in [0.5, 0.6) is 0 Å². The van der Waals surface area contributed by atoms with Crippen LogP contribution in [-0.2, 0) is 9.53 Å². The fourth-order valence-electron chi connectivity index (χ4n) is 1.46. The zero-order valence-electron chi connectivity index (χ0n) is 10.6. The predicted molar refractivity (Wildman–Crippen MR) is 69.3 cm³/mol. The zero-order valence-corrected chi connectivity index (χ0v) is 10.6. The predicted octanol–water partition coefficient (Wildman–Crippen LogP) is 2.54. The third kappa shape index (κ3) is 4.83. The Labute approximate surface area is 103 Å². The number of carbonyl (C=O) groups is 1. The Morgan fingerprint density at radius 2 is 2.00 bits per heavy atom. The molecule has 0 radical (unpaired) electrons. The number of ether oxygens (including phenoxy) is 1. The summed E-state index contributed by atoms with van der Waals surface area (Å²) in [6.45, 7) is 1.98. The van der Waals surface area contributed by atoms with Crippen LogP contribution in [0.25, 0.3) is 6.08 Å². The molecule has 0 bridgehead atoms. The van der Waals surface area contributed by atoms with E-state index in [1.165, 1.54) is 6.08 Å². The highest BCUT2D eigenvalue weighted by molar-refractivity contribution is 5.87. The first-order valence-electron chi connectivity index (χ1n) is 5.73. The van der Waals surface area contributed by atoms with Gasteiger partial charge in [0.25, 0.3) is 0 Å². The third-order valence-electron chi connectivity index (χ3n) is 2.39. The van der Waals surface area contributed by atoms with Crippen LogP contribution in [0.2, 0.25) is 0 Å². The van der Waals surface area contributed by atoms with Crippen molar-refractivity contribution in [1.29, 1.82) is 0 Å². The molecular weight excluding hydrogens is 214 g/mol. The van der Waals surface area contributed by atoms with Gasteiger partial charge in [-0.2, -0.15) is 0 Å². The molecule has 0 spiro atoms. The fourth-order valence-corrected chi connectivity index (χ4v) is 1.46. The monoisotopic (exact) mass is 233 g/mol. The highest BCUT2D eigenvalue weighted by Gasteiger charge is 2.11. The van der Waals surface area contributed by atoms with E-state index in [0.29, 0.717) is 0 Å². The Hall–Kier alpha value is -1.61. The summed E-state index contributed by atoms with van der Waals surface area (Å²) in [7, 11) is 3.78. The van der Waals surface area contributed by atoms with Crippen molar-refractivity contribution in [3.05, 3.63) is 42.0 Å². The summed E-state index contributed by atoms with van der Waals surface area (Å²) >= 11 is 0. The Morgan fingerprint density at radius 3 is 2.53 bits per heavy atom. The lowest BCUT2D eigenvalue weighted by atomic mass is 10.2. The largest absolute Gasteiger partial charge is 0.443 e. The van der Waals surface area contributed by atoms with Gasteiger partial charge in [0.1, 0.15) is 0 Å². The molecule has 1 atom stereocenters. The number of hydrogen-bond donors (Lipinski definition) is 0. The average molecular weight is 233 g/mol. The molecule has 1 rings (SSSR count). The van der Waals surface area contributed by atoms with Crippen LogP contribution < -0.4 is 0 Å². The van der Waals surface area contributed by atoms with E-state index in [0.717, 1.165) is 12.0 Å². The van der Waals surface area contributed by atoms with Gasteiger partial charge in [0.15, 0.2) is 6.23 Å². The highest BCUT2D eigenvalue weighted by Crippen LogP contribution is 2.04. The smallest absolute Gasteiger partial charge is 0.332 e. The lowest BCUT2D eigenvalue weighted by Crippen LogP contribution is -2.31. The number of nitrogens with zero attached hydrogens (tertiary/aromatic N) is 1. The minimum absolute atomic E-state index is 0.164. The summed E-state index contributed by atoms with van der Waals surface area (Å²) in [6.07, 6.45) is 3.83. The van der Waals surface area contributed by atoms with Gasteiger partial charge in [0.2, 0.25) is 0 Å². The standard InChI is InChI=1S/C14H19NO2/c1-4-13(15(2)3)17-14(16)11-10-12-8-6-5-7-9-12/h5-11,13H,4H2,1-3H3. The Kier molecular flexibility index (Phi) is 5.43. The van der Waals surface area contributed by atoms with E-state index in [1.807, 2.05) is 56.3 Å². The van der Waals surface area contributed by atoms with E-state index < -0.39 is 0 Å². The van der Waals surface area contributed by atoms with Gasteiger partial charge in [0.05, 0.1) is 0 Å². The average Bonchev–Trinajstić information content (AvgIpc) is 2.34. The van der Waals surface area contributed by atoms with Crippen molar-refractivity contribution >= 4 is 12.0 Å². The normalized spacial score (nSPS) is 12.9. The minimum atomic E-state index is -0.311. The second-order valence-electron chi connectivity index (χ2n) is 4.01. The van der Waals surface area contributed by atoms with Crippen LogP contribution in [0.3, 0.4) is 0 Å². The molecule has 0 fully saturated rings. The Bertz CT molecular complexity index is 371. The first kappa shape index (κ1) is 13.5. The molecule has 0 aliphatic carbocycles. The summed E-state index contributed by atoms with van der Waals surface area (Å²) in [5.41, 5.74) is 0.988. The molecule has 0 saturated carbocycles. The lowest BCUT2D eigenvalue weighted by molar-refractivity contribution is -0.150. The van der Waals surface area contributed by atoms with E-state index in [1.54, 1.807) is 6.08 Å². The van der Waals surface area contributed by atoms with E-state index in [4.69, 9.17) is 4.74 Å². The van der Waals surface area contributed by atoms with Gasteiger partial charge in [0, 0.05) is 6.08 Å². The Balaban J connectivity index is 2.52. The van der Waals surface area contributed by atoms with Gasteiger partial charge < -0.3 is 4.74 Å². The third-order valence-corrected chi connectivity index (χ3v) is 2.39. The summed E-state index contributed by atoms with van der Waals surface area (Å²) in [5, 5.41) is 0. The summed E-state index contributed by atoms with van der Waals surface area (Å²) in [6, 6.07) is 9.67. The van der Waals surface area contributed by atoms with Crippen LogP contribution in [0.15, 0.2) is 36.4 Å². The van der Waals surface area contributed by atoms with E-state index in [-0.39, 0.29) is 12.2 Å². The minimum Gasteiger partial charge on any atom is -0.443 e. The van der Waals surface area contributed by atoms with Crippen LogP contribution >= 0.6 is 0 Å². The van der Waals surface area contributed by atoms with E-state index in [9.17, 15) is 4.79 Å². The van der Waals surface area contributed by atoms with Crippen molar-refractivity contribution in [1.82, 2.24) is 4.90 Å². The van der Waals surface area contributed by atoms with Crippen molar-refractivity contribution in [2.75, 3.05) is 14.1 Å². The number of carbonyl (C=O) groups excluding carboxylic acids is 1.